The van der Waals surface area contributed by atoms with Gasteiger partial charge >= 0.3 is 6.03 Å². The van der Waals surface area contributed by atoms with Crippen LogP contribution in [0.3, 0.4) is 0 Å². The van der Waals surface area contributed by atoms with E-state index in [-0.39, 0.29) is 12.0 Å². The third kappa shape index (κ3) is 7.01. The van der Waals surface area contributed by atoms with E-state index in [0.717, 1.165) is 30.7 Å². The first kappa shape index (κ1) is 20.2. The summed E-state index contributed by atoms with van der Waals surface area (Å²) in [5, 5.41) is 7.92. The molecule has 3 N–H and O–H groups in total. The van der Waals surface area contributed by atoms with Crippen LogP contribution < -0.4 is 16.0 Å². The lowest BCUT2D eigenvalue weighted by Crippen LogP contribution is -2.45. The van der Waals surface area contributed by atoms with Crippen molar-refractivity contribution in [1.82, 2.24) is 10.6 Å². The van der Waals surface area contributed by atoms with Crippen molar-refractivity contribution in [2.45, 2.75) is 51.9 Å². The molecule has 0 aliphatic carbocycles. The molecule has 1 heterocycles. The average Bonchev–Trinajstić information content (AvgIpc) is 2.63. The van der Waals surface area contributed by atoms with Crippen LogP contribution in [-0.4, -0.2) is 43.8 Å². The van der Waals surface area contributed by atoms with Crippen LogP contribution in [0.5, 0.6) is 0 Å². The smallest absolute Gasteiger partial charge is 0.321 e. The highest BCUT2D eigenvalue weighted by atomic mass is 16.5. The number of amides is 3. The van der Waals surface area contributed by atoms with Gasteiger partial charge in [0.15, 0.2) is 0 Å². The first-order valence-electron chi connectivity index (χ1n) is 9.22. The van der Waals surface area contributed by atoms with Crippen molar-refractivity contribution in [1.29, 1.82) is 0 Å². The molecule has 7 nitrogen and oxygen atoms in total. The van der Waals surface area contributed by atoms with Crippen molar-refractivity contribution in [3.8, 4) is 0 Å². The van der Waals surface area contributed by atoms with E-state index < -0.39 is 12.1 Å². The molecular formula is C19H29N3O4. The topological polar surface area (TPSA) is 88.7 Å². The molecule has 0 unspecified atom stereocenters. The number of nitrogens with one attached hydrogen (secondary N) is 3. The van der Waals surface area contributed by atoms with E-state index in [4.69, 9.17) is 9.47 Å². The highest BCUT2D eigenvalue weighted by molar-refractivity contribution is 5.97. The van der Waals surface area contributed by atoms with Gasteiger partial charge in [0.05, 0.1) is 19.3 Å². The third-order valence-electron chi connectivity index (χ3n) is 4.12. The molecule has 1 aromatic rings. The maximum atomic E-state index is 12.0. The largest absolute Gasteiger partial charge is 0.376 e. The highest BCUT2D eigenvalue weighted by Gasteiger charge is 2.16. The fourth-order valence-corrected chi connectivity index (χ4v) is 2.74. The van der Waals surface area contributed by atoms with E-state index in [9.17, 15) is 9.59 Å². The molecule has 1 aromatic carbocycles. The number of carbonyl (C=O) groups is 2. The fraction of sp³-hybridized carbons (Fsp3) is 0.579. The molecule has 0 aromatic heterocycles. The number of hydrogen-bond acceptors (Lipinski definition) is 5. The monoisotopic (exact) mass is 363 g/mol. The molecule has 0 radical (unpaired) electrons. The maximum absolute atomic E-state index is 12.0. The number of urea groups is 1. The Labute approximate surface area is 154 Å². The van der Waals surface area contributed by atoms with Gasteiger partial charge in [-0.3, -0.25) is 10.1 Å². The molecule has 2 atom stereocenters. The summed E-state index contributed by atoms with van der Waals surface area (Å²) < 4.78 is 11.4. The van der Waals surface area contributed by atoms with Crippen LogP contribution in [0.2, 0.25) is 0 Å². The second kappa shape index (κ2) is 10.8. The summed E-state index contributed by atoms with van der Waals surface area (Å²) in [4.78, 5) is 23.4. The lowest BCUT2D eigenvalue weighted by atomic mass is 10.1. The Morgan fingerprint density at radius 3 is 2.92 bits per heavy atom. The van der Waals surface area contributed by atoms with Gasteiger partial charge in [-0.05, 0) is 50.8 Å². The van der Waals surface area contributed by atoms with Gasteiger partial charge < -0.3 is 20.1 Å². The van der Waals surface area contributed by atoms with Gasteiger partial charge in [0.25, 0.3) is 0 Å². The SMILES string of the molecule is CCNC(=O)NC(=O)[C@@H](C)Nc1cccc(COC[C@H]2CCCCO2)c1. The summed E-state index contributed by atoms with van der Waals surface area (Å²) in [6.45, 7) is 5.88. The molecule has 1 aliphatic rings. The number of rotatable bonds is 8. The molecule has 2 rings (SSSR count). The van der Waals surface area contributed by atoms with Crippen LogP contribution >= 0.6 is 0 Å². The lowest BCUT2D eigenvalue weighted by Gasteiger charge is -2.22. The summed E-state index contributed by atoms with van der Waals surface area (Å²) in [5.74, 6) is -0.382. The molecule has 3 amide bonds. The van der Waals surface area contributed by atoms with Gasteiger partial charge in [0, 0.05) is 18.8 Å². The first-order chi connectivity index (χ1) is 12.6. The van der Waals surface area contributed by atoms with Gasteiger partial charge in [-0.2, -0.15) is 0 Å². The van der Waals surface area contributed by atoms with Crippen LogP contribution in [0, 0.1) is 0 Å². The number of hydrogen-bond donors (Lipinski definition) is 3. The highest BCUT2D eigenvalue weighted by Crippen LogP contribution is 2.15. The Kier molecular flexibility index (Phi) is 8.37. The molecule has 1 fully saturated rings. The van der Waals surface area contributed by atoms with Gasteiger partial charge in [-0.1, -0.05) is 12.1 Å². The second-order valence-corrected chi connectivity index (χ2v) is 6.42. The van der Waals surface area contributed by atoms with E-state index in [2.05, 4.69) is 16.0 Å². The Hall–Kier alpha value is -2.12. The normalized spacial score (nSPS) is 18.0. The fourth-order valence-electron chi connectivity index (χ4n) is 2.74. The van der Waals surface area contributed by atoms with Gasteiger partial charge in [-0.15, -0.1) is 0 Å². The minimum Gasteiger partial charge on any atom is -0.376 e. The van der Waals surface area contributed by atoms with Gasteiger partial charge in [0.2, 0.25) is 5.91 Å². The molecule has 0 saturated carbocycles. The predicted octanol–water partition coefficient (Wildman–Crippen LogP) is 2.42. The number of carbonyl (C=O) groups excluding carboxylic acids is 2. The van der Waals surface area contributed by atoms with E-state index in [1.165, 1.54) is 6.42 Å². The van der Waals surface area contributed by atoms with Crippen molar-refractivity contribution >= 4 is 17.6 Å². The molecule has 0 bridgehead atoms. The summed E-state index contributed by atoms with van der Waals surface area (Å²) in [6.07, 6.45) is 3.59. The average molecular weight is 363 g/mol. The molecular weight excluding hydrogens is 334 g/mol. The van der Waals surface area contributed by atoms with E-state index in [1.54, 1.807) is 13.8 Å². The van der Waals surface area contributed by atoms with E-state index >= 15 is 0 Å². The van der Waals surface area contributed by atoms with Gasteiger partial charge in [0.1, 0.15) is 6.04 Å². The Bertz CT molecular complexity index is 588. The van der Waals surface area contributed by atoms with Crippen molar-refractivity contribution < 1.29 is 19.1 Å². The standard InChI is InChI=1S/C19H29N3O4/c1-3-20-19(24)22-18(23)14(2)21-16-8-6-7-15(11-16)12-25-13-17-9-4-5-10-26-17/h6-8,11,14,17,21H,3-5,9-10,12-13H2,1-2H3,(H2,20,22,23,24)/t14-,17-/m1/s1. The lowest BCUT2D eigenvalue weighted by molar-refractivity contribution is -0.120. The molecule has 0 spiro atoms. The van der Waals surface area contributed by atoms with Crippen LogP contribution in [0.15, 0.2) is 24.3 Å². The van der Waals surface area contributed by atoms with E-state index in [1.807, 2.05) is 24.3 Å². The molecule has 1 saturated heterocycles. The van der Waals surface area contributed by atoms with Crippen molar-refractivity contribution in [2.75, 3.05) is 25.1 Å². The van der Waals surface area contributed by atoms with Crippen molar-refractivity contribution in [3.63, 3.8) is 0 Å². The van der Waals surface area contributed by atoms with Gasteiger partial charge in [-0.25, -0.2) is 4.79 Å². The van der Waals surface area contributed by atoms with Crippen molar-refractivity contribution in [3.05, 3.63) is 29.8 Å². The molecule has 26 heavy (non-hydrogen) atoms. The Morgan fingerprint density at radius 2 is 2.19 bits per heavy atom. The van der Waals surface area contributed by atoms with Crippen LogP contribution in [0.25, 0.3) is 0 Å². The minimum absolute atomic E-state index is 0.197. The molecule has 144 valence electrons. The summed E-state index contributed by atoms with van der Waals surface area (Å²) in [6, 6.07) is 6.68. The number of benzene rings is 1. The summed E-state index contributed by atoms with van der Waals surface area (Å²) >= 11 is 0. The van der Waals surface area contributed by atoms with Crippen molar-refractivity contribution in [2.24, 2.45) is 0 Å². The quantitative estimate of drug-likeness (QED) is 0.660. The summed E-state index contributed by atoms with van der Waals surface area (Å²) in [7, 11) is 0. The minimum atomic E-state index is -0.538. The zero-order valence-corrected chi connectivity index (χ0v) is 15.5. The molecule has 7 heteroatoms. The number of imide groups is 1. The Morgan fingerprint density at radius 1 is 1.35 bits per heavy atom. The first-order valence-corrected chi connectivity index (χ1v) is 9.22. The maximum Gasteiger partial charge on any atom is 0.321 e. The predicted molar refractivity (Wildman–Crippen MR) is 100.0 cm³/mol. The number of anilines is 1. The zero-order chi connectivity index (χ0) is 18.8. The third-order valence-corrected chi connectivity index (χ3v) is 4.12. The van der Waals surface area contributed by atoms with Crippen LogP contribution in [0.4, 0.5) is 10.5 Å². The Balaban J connectivity index is 1.78. The molecule has 1 aliphatic heterocycles. The number of ether oxygens (including phenoxy) is 2. The summed E-state index contributed by atoms with van der Waals surface area (Å²) in [5.41, 5.74) is 1.82. The van der Waals surface area contributed by atoms with E-state index in [0.29, 0.717) is 19.8 Å². The van der Waals surface area contributed by atoms with Crippen LogP contribution in [0.1, 0.15) is 38.7 Å². The zero-order valence-electron chi connectivity index (χ0n) is 15.5. The second-order valence-electron chi connectivity index (χ2n) is 6.42. The van der Waals surface area contributed by atoms with Crippen LogP contribution in [-0.2, 0) is 20.9 Å².